The number of H-pyrrole nitrogens is 1. The van der Waals surface area contributed by atoms with Crippen LogP contribution in [0, 0.1) is 0 Å². The van der Waals surface area contributed by atoms with Gasteiger partial charge in [0.2, 0.25) is 0 Å². The second kappa shape index (κ2) is 3.17. The van der Waals surface area contributed by atoms with Gasteiger partial charge in [-0.15, -0.1) is 0 Å². The van der Waals surface area contributed by atoms with Crippen molar-refractivity contribution in [2.24, 2.45) is 0 Å². The molecular formula is C9H15N3. The van der Waals surface area contributed by atoms with Gasteiger partial charge in [-0.3, -0.25) is 5.10 Å². The molecule has 2 N–H and O–H groups in total. The van der Waals surface area contributed by atoms with E-state index in [4.69, 9.17) is 0 Å². The molecule has 0 spiro atoms. The number of nitrogens with one attached hydrogen (secondary N) is 2. The summed E-state index contributed by atoms with van der Waals surface area (Å²) in [7, 11) is 0. The van der Waals surface area contributed by atoms with Crippen LogP contribution in [0.2, 0.25) is 0 Å². The summed E-state index contributed by atoms with van der Waals surface area (Å²) in [5.74, 6) is 1.77. The van der Waals surface area contributed by atoms with Gasteiger partial charge < -0.3 is 5.32 Å². The third kappa shape index (κ3) is 1.60. The molecule has 0 aromatic carbocycles. The summed E-state index contributed by atoms with van der Waals surface area (Å²) in [5, 5.41) is 10.5. The Balaban J connectivity index is 1.93. The van der Waals surface area contributed by atoms with Crippen LogP contribution >= 0.6 is 0 Å². The van der Waals surface area contributed by atoms with Crippen LogP contribution in [0.4, 0.5) is 5.82 Å². The van der Waals surface area contributed by atoms with Crippen molar-refractivity contribution in [3.05, 3.63) is 11.8 Å². The highest BCUT2D eigenvalue weighted by molar-refractivity contribution is 5.37. The van der Waals surface area contributed by atoms with Crippen molar-refractivity contribution in [3.63, 3.8) is 0 Å². The van der Waals surface area contributed by atoms with E-state index in [0.717, 1.165) is 24.7 Å². The lowest BCUT2D eigenvalue weighted by atomic mass is 10.3. The van der Waals surface area contributed by atoms with Gasteiger partial charge in [0, 0.05) is 24.2 Å². The third-order valence-corrected chi connectivity index (χ3v) is 2.17. The van der Waals surface area contributed by atoms with Gasteiger partial charge in [-0.2, -0.15) is 5.10 Å². The van der Waals surface area contributed by atoms with Crippen LogP contribution in [-0.2, 0) is 0 Å². The largest absolute Gasteiger partial charge is 0.369 e. The van der Waals surface area contributed by atoms with E-state index in [0.29, 0.717) is 0 Å². The van der Waals surface area contributed by atoms with Gasteiger partial charge in [-0.1, -0.05) is 6.92 Å². The molecule has 0 bridgehead atoms. The number of aromatic amines is 1. The number of anilines is 1. The molecule has 1 aromatic heterocycles. The van der Waals surface area contributed by atoms with E-state index in [2.05, 4.69) is 28.5 Å². The Kier molecular flexibility index (Phi) is 2.02. The molecule has 0 amide bonds. The van der Waals surface area contributed by atoms with Crippen molar-refractivity contribution < 1.29 is 0 Å². The lowest BCUT2D eigenvalue weighted by Gasteiger charge is -1.96. The van der Waals surface area contributed by atoms with E-state index in [9.17, 15) is 0 Å². The molecule has 0 atom stereocenters. The zero-order chi connectivity index (χ0) is 8.39. The fraction of sp³-hybridized carbons (Fsp3) is 0.667. The quantitative estimate of drug-likeness (QED) is 0.717. The van der Waals surface area contributed by atoms with Crippen LogP contribution in [0.3, 0.4) is 0 Å². The summed E-state index contributed by atoms with van der Waals surface area (Å²) < 4.78 is 0. The number of rotatable bonds is 4. The maximum atomic E-state index is 4.18. The van der Waals surface area contributed by atoms with Gasteiger partial charge in [0.1, 0.15) is 5.82 Å². The minimum atomic E-state index is 0.773. The van der Waals surface area contributed by atoms with E-state index in [1.807, 2.05) is 0 Å². The monoisotopic (exact) mass is 165 g/mol. The lowest BCUT2D eigenvalue weighted by Crippen LogP contribution is -1.99. The molecule has 3 heteroatoms. The molecule has 12 heavy (non-hydrogen) atoms. The van der Waals surface area contributed by atoms with Crippen molar-refractivity contribution in [3.8, 4) is 0 Å². The predicted molar refractivity (Wildman–Crippen MR) is 49.3 cm³/mol. The van der Waals surface area contributed by atoms with Crippen LogP contribution in [-0.4, -0.2) is 16.7 Å². The first-order chi connectivity index (χ1) is 5.90. The second-order valence-corrected chi connectivity index (χ2v) is 3.41. The normalized spacial score (nSPS) is 16.4. The van der Waals surface area contributed by atoms with Crippen LogP contribution in [0.1, 0.15) is 37.8 Å². The zero-order valence-electron chi connectivity index (χ0n) is 7.43. The SMILES string of the molecule is CCCNc1cc(C2CC2)[nH]n1. The molecule has 0 radical (unpaired) electrons. The first kappa shape index (κ1) is 7.65. The Morgan fingerprint density at radius 3 is 3.17 bits per heavy atom. The number of hydrogen-bond acceptors (Lipinski definition) is 2. The fourth-order valence-electron chi connectivity index (χ4n) is 1.28. The third-order valence-electron chi connectivity index (χ3n) is 2.17. The molecule has 1 heterocycles. The maximum absolute atomic E-state index is 4.18. The highest BCUT2D eigenvalue weighted by atomic mass is 15.2. The minimum Gasteiger partial charge on any atom is -0.369 e. The molecule has 0 aliphatic heterocycles. The molecule has 0 saturated heterocycles. The molecule has 66 valence electrons. The first-order valence-electron chi connectivity index (χ1n) is 4.69. The van der Waals surface area contributed by atoms with Crippen LogP contribution in [0.15, 0.2) is 6.07 Å². The van der Waals surface area contributed by atoms with Gasteiger partial charge in [0.05, 0.1) is 0 Å². The van der Waals surface area contributed by atoms with E-state index in [1.165, 1.54) is 18.5 Å². The highest BCUT2D eigenvalue weighted by Gasteiger charge is 2.25. The van der Waals surface area contributed by atoms with Crippen LogP contribution in [0.25, 0.3) is 0 Å². The zero-order valence-corrected chi connectivity index (χ0v) is 7.43. The lowest BCUT2D eigenvalue weighted by molar-refractivity contribution is 0.943. The predicted octanol–water partition coefficient (Wildman–Crippen LogP) is 2.11. The van der Waals surface area contributed by atoms with Crippen molar-refractivity contribution in [2.45, 2.75) is 32.1 Å². The molecule has 1 fully saturated rings. The van der Waals surface area contributed by atoms with Crippen molar-refractivity contribution in [1.82, 2.24) is 10.2 Å². The first-order valence-corrected chi connectivity index (χ1v) is 4.69. The molecule has 3 nitrogen and oxygen atoms in total. The highest BCUT2D eigenvalue weighted by Crippen LogP contribution is 2.39. The van der Waals surface area contributed by atoms with Gasteiger partial charge in [-0.25, -0.2) is 0 Å². The average molecular weight is 165 g/mol. The molecule has 1 saturated carbocycles. The average Bonchev–Trinajstić information content (AvgIpc) is 2.83. The van der Waals surface area contributed by atoms with Crippen molar-refractivity contribution >= 4 is 5.82 Å². The number of nitrogens with zero attached hydrogens (tertiary/aromatic N) is 1. The summed E-state index contributed by atoms with van der Waals surface area (Å²) in [6, 6.07) is 2.13. The van der Waals surface area contributed by atoms with Crippen LogP contribution in [0.5, 0.6) is 0 Å². The Labute approximate surface area is 72.6 Å². The Bertz CT molecular complexity index is 250. The van der Waals surface area contributed by atoms with Gasteiger partial charge in [-0.05, 0) is 19.3 Å². The molecule has 1 aliphatic rings. The summed E-state index contributed by atoms with van der Waals surface area (Å²) in [5.41, 5.74) is 1.30. The molecule has 0 unspecified atom stereocenters. The standard InChI is InChI=1S/C9H15N3/c1-2-5-10-9-6-8(11-12-9)7-3-4-7/h6-7H,2-5H2,1H3,(H2,10,11,12). The number of hydrogen-bond donors (Lipinski definition) is 2. The summed E-state index contributed by atoms with van der Waals surface area (Å²) >= 11 is 0. The summed E-state index contributed by atoms with van der Waals surface area (Å²) in [4.78, 5) is 0. The van der Waals surface area contributed by atoms with E-state index < -0.39 is 0 Å². The van der Waals surface area contributed by atoms with Crippen molar-refractivity contribution in [1.29, 1.82) is 0 Å². The Morgan fingerprint density at radius 2 is 2.50 bits per heavy atom. The topological polar surface area (TPSA) is 40.7 Å². The molecule has 1 aliphatic carbocycles. The Hall–Kier alpha value is -0.990. The van der Waals surface area contributed by atoms with Crippen molar-refractivity contribution in [2.75, 3.05) is 11.9 Å². The van der Waals surface area contributed by atoms with E-state index in [-0.39, 0.29) is 0 Å². The molecule has 2 rings (SSSR count). The van der Waals surface area contributed by atoms with Gasteiger partial charge in [0.25, 0.3) is 0 Å². The number of aromatic nitrogens is 2. The van der Waals surface area contributed by atoms with E-state index in [1.54, 1.807) is 0 Å². The van der Waals surface area contributed by atoms with Gasteiger partial charge in [0.15, 0.2) is 0 Å². The van der Waals surface area contributed by atoms with E-state index >= 15 is 0 Å². The van der Waals surface area contributed by atoms with Crippen LogP contribution < -0.4 is 5.32 Å². The fourth-order valence-corrected chi connectivity index (χ4v) is 1.28. The maximum Gasteiger partial charge on any atom is 0.148 e. The minimum absolute atomic E-state index is 0.773. The molecule has 1 aromatic rings. The van der Waals surface area contributed by atoms with Gasteiger partial charge >= 0.3 is 0 Å². The summed E-state index contributed by atoms with van der Waals surface area (Å²) in [6.07, 6.45) is 3.80. The smallest absolute Gasteiger partial charge is 0.148 e. The Morgan fingerprint density at radius 1 is 1.67 bits per heavy atom. The second-order valence-electron chi connectivity index (χ2n) is 3.41. The summed E-state index contributed by atoms with van der Waals surface area (Å²) in [6.45, 7) is 3.16. The molecular weight excluding hydrogens is 150 g/mol.